The topological polar surface area (TPSA) is 72.5 Å². The molecule has 3 aliphatic heterocycles. The standard InChI is InChI=1S/C29H40O7/c1-31-19-20-8-6-9-21(16-20)24(35-28-12-2-4-14-32-28)11-7-10-22-23-17-27(30)34-26(23)18-25(22)36-29-13-3-5-15-33-29/h6-10,16,22-26,28-29H,2-5,11-15,17-19H2,1H3/t22-,23-,24?,25-,26+,28?,29?/m1/s1. The lowest BCUT2D eigenvalue weighted by Crippen LogP contribution is -2.31. The SMILES string of the molecule is COCc1cccc(C(CC=C[C@@H]2[C@H]3CC(=O)O[C@H]3C[C@H]2OC2CCCCO2)OC2CCCCO2)c1. The molecule has 1 saturated carbocycles. The highest BCUT2D eigenvalue weighted by molar-refractivity contribution is 5.72. The summed E-state index contributed by atoms with van der Waals surface area (Å²) >= 11 is 0. The third-order valence-electron chi connectivity index (χ3n) is 7.81. The molecule has 4 aliphatic rings. The summed E-state index contributed by atoms with van der Waals surface area (Å²) in [7, 11) is 1.71. The molecule has 3 unspecified atom stereocenters. The van der Waals surface area contributed by atoms with Crippen molar-refractivity contribution in [1.82, 2.24) is 0 Å². The highest BCUT2D eigenvalue weighted by atomic mass is 16.7. The summed E-state index contributed by atoms with van der Waals surface area (Å²) in [5.41, 5.74) is 2.24. The first kappa shape index (κ1) is 25.9. The maximum atomic E-state index is 12.0. The fourth-order valence-electron chi connectivity index (χ4n) is 6.00. The molecule has 3 heterocycles. The first-order valence-electron chi connectivity index (χ1n) is 13.7. The number of carbonyl (C=O) groups excluding carboxylic acids is 1. The predicted octanol–water partition coefficient (Wildman–Crippen LogP) is 5.23. The van der Waals surface area contributed by atoms with Crippen LogP contribution < -0.4 is 0 Å². The van der Waals surface area contributed by atoms with Gasteiger partial charge in [-0.05, 0) is 56.1 Å². The van der Waals surface area contributed by atoms with Crippen LogP contribution in [0.15, 0.2) is 36.4 Å². The Labute approximate surface area is 214 Å². The van der Waals surface area contributed by atoms with E-state index in [2.05, 4.69) is 36.4 Å². The minimum Gasteiger partial charge on any atom is -0.462 e. The van der Waals surface area contributed by atoms with Gasteiger partial charge < -0.3 is 28.4 Å². The number of methoxy groups -OCH3 is 1. The van der Waals surface area contributed by atoms with Crippen LogP contribution in [0, 0.1) is 11.8 Å². The second-order valence-corrected chi connectivity index (χ2v) is 10.4. The quantitative estimate of drug-likeness (QED) is 0.322. The highest BCUT2D eigenvalue weighted by Gasteiger charge is 2.50. The van der Waals surface area contributed by atoms with Crippen molar-refractivity contribution in [3.63, 3.8) is 0 Å². The number of carbonyl (C=O) groups is 1. The fourth-order valence-corrected chi connectivity index (χ4v) is 6.00. The zero-order chi connectivity index (χ0) is 24.7. The molecule has 0 bridgehead atoms. The molecule has 5 rings (SSSR count). The van der Waals surface area contributed by atoms with Gasteiger partial charge in [0.25, 0.3) is 0 Å². The Balaban J connectivity index is 1.29. The summed E-state index contributed by atoms with van der Waals surface area (Å²) in [4.78, 5) is 12.0. The third kappa shape index (κ3) is 6.56. The first-order chi connectivity index (χ1) is 17.7. The van der Waals surface area contributed by atoms with Crippen LogP contribution in [0.25, 0.3) is 0 Å². The van der Waals surface area contributed by atoms with Crippen LogP contribution in [0.4, 0.5) is 0 Å². The molecule has 1 aromatic carbocycles. The Morgan fingerprint density at radius 2 is 1.89 bits per heavy atom. The van der Waals surface area contributed by atoms with Crippen molar-refractivity contribution >= 4 is 5.97 Å². The van der Waals surface area contributed by atoms with Gasteiger partial charge in [0.1, 0.15) is 6.10 Å². The van der Waals surface area contributed by atoms with E-state index in [0.717, 1.165) is 69.3 Å². The largest absolute Gasteiger partial charge is 0.462 e. The van der Waals surface area contributed by atoms with Gasteiger partial charge >= 0.3 is 5.97 Å². The number of rotatable bonds is 10. The van der Waals surface area contributed by atoms with Gasteiger partial charge in [-0.25, -0.2) is 0 Å². The van der Waals surface area contributed by atoms with Crippen molar-refractivity contribution in [2.75, 3.05) is 20.3 Å². The normalized spacial score (nSPS) is 33.5. The summed E-state index contributed by atoms with van der Waals surface area (Å²) in [6.45, 7) is 2.07. The number of benzene rings is 1. The molecule has 0 spiro atoms. The van der Waals surface area contributed by atoms with Crippen LogP contribution in [0.5, 0.6) is 0 Å². The average molecular weight is 501 g/mol. The van der Waals surface area contributed by atoms with E-state index in [1.165, 1.54) is 0 Å². The van der Waals surface area contributed by atoms with Crippen molar-refractivity contribution in [2.45, 2.75) is 95.3 Å². The zero-order valence-electron chi connectivity index (χ0n) is 21.3. The smallest absolute Gasteiger partial charge is 0.306 e. The summed E-state index contributed by atoms with van der Waals surface area (Å²) in [6, 6.07) is 8.40. The zero-order valence-corrected chi connectivity index (χ0v) is 21.3. The van der Waals surface area contributed by atoms with Crippen LogP contribution >= 0.6 is 0 Å². The molecule has 36 heavy (non-hydrogen) atoms. The molecule has 198 valence electrons. The van der Waals surface area contributed by atoms with Gasteiger partial charge in [-0.15, -0.1) is 0 Å². The number of ether oxygens (including phenoxy) is 6. The lowest BCUT2D eigenvalue weighted by molar-refractivity contribution is -0.194. The number of esters is 1. The number of hydrogen-bond donors (Lipinski definition) is 0. The minimum absolute atomic E-state index is 0.00136. The molecule has 4 fully saturated rings. The average Bonchev–Trinajstić information content (AvgIpc) is 3.41. The third-order valence-corrected chi connectivity index (χ3v) is 7.81. The Bertz CT molecular complexity index is 874. The predicted molar refractivity (Wildman–Crippen MR) is 133 cm³/mol. The van der Waals surface area contributed by atoms with Crippen LogP contribution in [0.3, 0.4) is 0 Å². The van der Waals surface area contributed by atoms with Crippen molar-refractivity contribution in [3.05, 3.63) is 47.5 Å². The molecule has 7 nitrogen and oxygen atoms in total. The molecular formula is C29H40O7. The Hall–Kier alpha value is -1.77. The van der Waals surface area contributed by atoms with Crippen LogP contribution in [-0.4, -0.2) is 51.1 Å². The minimum atomic E-state index is -0.181. The lowest BCUT2D eigenvalue weighted by atomic mass is 9.91. The van der Waals surface area contributed by atoms with Crippen LogP contribution in [0.2, 0.25) is 0 Å². The van der Waals surface area contributed by atoms with Crippen molar-refractivity contribution in [2.24, 2.45) is 11.8 Å². The summed E-state index contributed by atoms with van der Waals surface area (Å²) in [5, 5.41) is 0. The molecule has 1 aliphatic carbocycles. The molecule has 1 aromatic rings. The maximum absolute atomic E-state index is 12.0. The molecular weight excluding hydrogens is 460 g/mol. The lowest BCUT2D eigenvalue weighted by Gasteiger charge is -2.29. The molecule has 0 amide bonds. The van der Waals surface area contributed by atoms with Crippen LogP contribution in [0.1, 0.15) is 75.0 Å². The Kier molecular flexibility index (Phi) is 9.09. The maximum Gasteiger partial charge on any atom is 0.306 e. The summed E-state index contributed by atoms with van der Waals surface area (Å²) in [6.07, 6.45) is 12.1. The number of hydrogen-bond acceptors (Lipinski definition) is 7. The monoisotopic (exact) mass is 500 g/mol. The Morgan fingerprint density at radius 1 is 1.08 bits per heavy atom. The van der Waals surface area contributed by atoms with Gasteiger partial charge in [0.2, 0.25) is 0 Å². The molecule has 7 heteroatoms. The molecule has 3 saturated heterocycles. The highest BCUT2D eigenvalue weighted by Crippen LogP contribution is 2.44. The van der Waals surface area contributed by atoms with E-state index in [4.69, 9.17) is 28.4 Å². The number of fused-ring (bicyclic) bond motifs is 1. The van der Waals surface area contributed by atoms with Gasteiger partial charge in [-0.3, -0.25) is 4.79 Å². The molecule has 0 N–H and O–H groups in total. The Morgan fingerprint density at radius 3 is 2.64 bits per heavy atom. The van der Waals surface area contributed by atoms with Gasteiger partial charge in [-0.1, -0.05) is 36.4 Å². The van der Waals surface area contributed by atoms with E-state index in [0.29, 0.717) is 19.4 Å². The second-order valence-electron chi connectivity index (χ2n) is 10.4. The van der Waals surface area contributed by atoms with Gasteiger partial charge in [0.15, 0.2) is 12.6 Å². The summed E-state index contributed by atoms with van der Waals surface area (Å²) < 4.78 is 35.6. The van der Waals surface area contributed by atoms with Gasteiger partial charge in [0, 0.05) is 38.6 Å². The van der Waals surface area contributed by atoms with Crippen molar-refractivity contribution in [1.29, 1.82) is 0 Å². The molecule has 0 radical (unpaired) electrons. The van der Waals surface area contributed by atoms with E-state index >= 15 is 0 Å². The molecule has 7 atom stereocenters. The fraction of sp³-hybridized carbons (Fsp3) is 0.690. The first-order valence-corrected chi connectivity index (χ1v) is 13.7. The van der Waals surface area contributed by atoms with Crippen molar-refractivity contribution < 1.29 is 33.2 Å². The van der Waals surface area contributed by atoms with E-state index in [1.54, 1.807) is 7.11 Å². The van der Waals surface area contributed by atoms with E-state index < -0.39 is 0 Å². The van der Waals surface area contributed by atoms with E-state index in [9.17, 15) is 4.79 Å². The molecule has 0 aromatic heterocycles. The summed E-state index contributed by atoms with van der Waals surface area (Å²) in [5.74, 6) is 0.188. The van der Waals surface area contributed by atoms with Gasteiger partial charge in [-0.2, -0.15) is 0 Å². The van der Waals surface area contributed by atoms with E-state index in [-0.39, 0.29) is 48.7 Å². The van der Waals surface area contributed by atoms with Gasteiger partial charge in [0.05, 0.1) is 25.2 Å². The second kappa shape index (κ2) is 12.7. The van der Waals surface area contributed by atoms with Crippen molar-refractivity contribution in [3.8, 4) is 0 Å². The van der Waals surface area contributed by atoms with Crippen LogP contribution in [-0.2, 0) is 39.8 Å². The van der Waals surface area contributed by atoms with E-state index in [1.807, 2.05) is 0 Å².